The number of hydrogen-bond acceptors (Lipinski definition) is 5. The molecule has 8 nitrogen and oxygen atoms in total. The van der Waals surface area contributed by atoms with E-state index in [-0.39, 0.29) is 24.2 Å². The molecule has 2 saturated heterocycles. The summed E-state index contributed by atoms with van der Waals surface area (Å²) >= 11 is 0. The second-order valence-electron chi connectivity index (χ2n) is 7.55. The normalized spacial score (nSPS) is 18.3. The van der Waals surface area contributed by atoms with Crippen LogP contribution >= 0.6 is 12.4 Å². The average Bonchev–Trinajstić information content (AvgIpc) is 3.32. The summed E-state index contributed by atoms with van der Waals surface area (Å²) in [6.45, 7) is 4.05. The first-order valence-corrected chi connectivity index (χ1v) is 10.1. The highest BCUT2D eigenvalue weighted by Gasteiger charge is 2.42. The Kier molecular flexibility index (Phi) is 7.47. The lowest BCUT2D eigenvalue weighted by molar-refractivity contribution is -0.134. The number of hydrogen-bond donors (Lipinski definition) is 2. The minimum atomic E-state index is -0.681. The van der Waals surface area contributed by atoms with Crippen molar-refractivity contribution < 1.29 is 14.3 Å². The minimum Gasteiger partial charge on any atom is -0.378 e. The zero-order valence-electron chi connectivity index (χ0n) is 16.9. The van der Waals surface area contributed by atoms with Crippen LogP contribution < -0.4 is 10.6 Å². The molecular formula is C21H28ClN5O3. The van der Waals surface area contributed by atoms with Crippen LogP contribution in [-0.4, -0.2) is 65.9 Å². The van der Waals surface area contributed by atoms with Crippen molar-refractivity contribution in [1.82, 2.24) is 20.0 Å². The van der Waals surface area contributed by atoms with Crippen molar-refractivity contribution in [2.75, 3.05) is 44.7 Å². The molecule has 0 aliphatic carbocycles. The first-order valence-electron chi connectivity index (χ1n) is 10.1. The Morgan fingerprint density at radius 1 is 1.13 bits per heavy atom. The molecule has 1 aromatic heterocycles. The number of aromatic nitrogens is 2. The maximum atomic E-state index is 13.2. The van der Waals surface area contributed by atoms with Crippen LogP contribution in [0.5, 0.6) is 0 Å². The van der Waals surface area contributed by atoms with Crippen LogP contribution in [0.1, 0.15) is 18.4 Å². The van der Waals surface area contributed by atoms with Gasteiger partial charge in [-0.15, -0.1) is 12.4 Å². The fourth-order valence-electron chi connectivity index (χ4n) is 3.98. The number of morpholine rings is 1. The third kappa shape index (κ3) is 4.83. The summed E-state index contributed by atoms with van der Waals surface area (Å²) < 4.78 is 7.07. The summed E-state index contributed by atoms with van der Waals surface area (Å²) in [6, 6.07) is 9.36. The number of rotatable bonds is 5. The number of piperidine rings is 1. The molecule has 4 rings (SSSR count). The Hall–Kier alpha value is -2.42. The van der Waals surface area contributed by atoms with Crippen molar-refractivity contribution in [1.29, 1.82) is 0 Å². The van der Waals surface area contributed by atoms with Crippen molar-refractivity contribution in [3.63, 3.8) is 0 Å². The Labute approximate surface area is 182 Å². The van der Waals surface area contributed by atoms with Gasteiger partial charge in [-0.2, -0.15) is 5.10 Å². The maximum absolute atomic E-state index is 13.2. The van der Waals surface area contributed by atoms with Crippen LogP contribution in [0.4, 0.5) is 5.69 Å². The van der Waals surface area contributed by atoms with E-state index >= 15 is 0 Å². The predicted molar refractivity (Wildman–Crippen MR) is 116 cm³/mol. The van der Waals surface area contributed by atoms with Crippen LogP contribution in [-0.2, 0) is 26.3 Å². The van der Waals surface area contributed by atoms with Crippen LogP contribution in [0.3, 0.4) is 0 Å². The van der Waals surface area contributed by atoms with Gasteiger partial charge in [0.25, 0.3) is 5.91 Å². The van der Waals surface area contributed by atoms with Gasteiger partial charge in [-0.3, -0.25) is 14.3 Å². The molecule has 1 aromatic carbocycles. The SMILES string of the molecule is Cl.O=C(Cc1ccc(NC(=O)C2(n3cccn3)CCNCC2)cc1)N1CCOCC1. The number of halogens is 1. The van der Waals surface area contributed by atoms with Gasteiger partial charge in [0.15, 0.2) is 0 Å². The highest BCUT2D eigenvalue weighted by atomic mass is 35.5. The standard InChI is InChI=1S/C21H27N5O3.ClH/c27-19(25-12-14-29-15-13-25)16-17-2-4-18(5-3-17)24-20(28)21(6-9-22-10-7-21)26-11-1-8-23-26;/h1-5,8,11,22H,6-7,9-10,12-16H2,(H,24,28);1H. The molecule has 0 spiro atoms. The molecule has 0 bridgehead atoms. The van der Waals surface area contributed by atoms with E-state index in [4.69, 9.17) is 4.74 Å². The Morgan fingerprint density at radius 2 is 1.83 bits per heavy atom. The number of nitrogens with one attached hydrogen (secondary N) is 2. The highest BCUT2D eigenvalue weighted by Crippen LogP contribution is 2.28. The summed E-state index contributed by atoms with van der Waals surface area (Å²) in [7, 11) is 0. The molecule has 2 aromatic rings. The van der Waals surface area contributed by atoms with Crippen molar-refractivity contribution in [2.45, 2.75) is 24.8 Å². The first kappa shape index (κ1) is 22.3. The van der Waals surface area contributed by atoms with Crippen molar-refractivity contribution >= 4 is 29.9 Å². The van der Waals surface area contributed by atoms with Crippen LogP contribution in [0.15, 0.2) is 42.7 Å². The number of nitrogens with zero attached hydrogens (tertiary/aromatic N) is 3. The van der Waals surface area contributed by atoms with Gasteiger partial charge in [0.1, 0.15) is 5.54 Å². The maximum Gasteiger partial charge on any atom is 0.252 e. The van der Waals surface area contributed by atoms with Crippen molar-refractivity contribution in [2.24, 2.45) is 0 Å². The Bertz CT molecular complexity index is 829. The fourth-order valence-corrected chi connectivity index (χ4v) is 3.98. The van der Waals surface area contributed by atoms with Crippen molar-refractivity contribution in [3.8, 4) is 0 Å². The monoisotopic (exact) mass is 433 g/mol. The van der Waals surface area contributed by atoms with Crippen LogP contribution in [0.2, 0.25) is 0 Å². The minimum absolute atomic E-state index is 0. The number of carbonyl (C=O) groups excluding carboxylic acids is 2. The second-order valence-corrected chi connectivity index (χ2v) is 7.55. The van der Waals surface area contributed by atoms with E-state index in [0.29, 0.717) is 45.6 Å². The molecule has 9 heteroatoms. The zero-order valence-corrected chi connectivity index (χ0v) is 17.7. The smallest absolute Gasteiger partial charge is 0.252 e. The molecule has 2 N–H and O–H groups in total. The summed E-state index contributed by atoms with van der Waals surface area (Å²) in [5, 5.41) is 10.7. The molecule has 162 valence electrons. The number of ether oxygens (including phenoxy) is 1. The topological polar surface area (TPSA) is 88.5 Å². The van der Waals surface area contributed by atoms with E-state index in [9.17, 15) is 9.59 Å². The largest absolute Gasteiger partial charge is 0.378 e. The lowest BCUT2D eigenvalue weighted by Crippen LogP contribution is -2.52. The molecule has 0 unspecified atom stereocenters. The third-order valence-electron chi connectivity index (χ3n) is 5.73. The average molecular weight is 434 g/mol. The summed E-state index contributed by atoms with van der Waals surface area (Å²) in [4.78, 5) is 27.4. The molecule has 2 aliphatic heterocycles. The van der Waals surface area contributed by atoms with Gasteiger partial charge in [-0.1, -0.05) is 12.1 Å². The van der Waals surface area contributed by atoms with Gasteiger partial charge >= 0.3 is 0 Å². The van der Waals surface area contributed by atoms with E-state index in [1.54, 1.807) is 10.9 Å². The van der Waals surface area contributed by atoms with Gasteiger partial charge in [-0.25, -0.2) is 0 Å². The van der Waals surface area contributed by atoms with Crippen molar-refractivity contribution in [3.05, 3.63) is 48.3 Å². The molecule has 3 heterocycles. The number of amides is 2. The number of anilines is 1. The molecule has 0 radical (unpaired) electrons. The van der Waals surface area contributed by atoms with Gasteiger partial charge in [0.05, 0.1) is 19.6 Å². The summed E-state index contributed by atoms with van der Waals surface area (Å²) in [5.41, 5.74) is 0.977. The zero-order chi connectivity index (χ0) is 20.1. The summed E-state index contributed by atoms with van der Waals surface area (Å²) in [5.74, 6) is 0.0530. The quantitative estimate of drug-likeness (QED) is 0.744. The third-order valence-corrected chi connectivity index (χ3v) is 5.73. The van der Waals surface area contributed by atoms with Crippen LogP contribution in [0.25, 0.3) is 0 Å². The Balaban J connectivity index is 0.00000256. The van der Waals surface area contributed by atoms with Gasteiger partial charge in [-0.05, 0) is 49.7 Å². The molecule has 0 atom stereocenters. The van der Waals surface area contributed by atoms with E-state index in [0.717, 1.165) is 24.3 Å². The molecule has 2 aliphatic rings. The second kappa shape index (κ2) is 10.1. The van der Waals surface area contributed by atoms with Gasteiger partial charge in [0.2, 0.25) is 5.91 Å². The molecule has 2 fully saturated rings. The summed E-state index contributed by atoms with van der Waals surface area (Å²) in [6.07, 6.45) is 5.29. The van der Waals surface area contributed by atoms with Crippen LogP contribution in [0, 0.1) is 0 Å². The van der Waals surface area contributed by atoms with E-state index in [1.807, 2.05) is 41.4 Å². The Morgan fingerprint density at radius 3 is 2.47 bits per heavy atom. The van der Waals surface area contributed by atoms with E-state index < -0.39 is 5.54 Å². The molecule has 0 saturated carbocycles. The predicted octanol–water partition coefficient (Wildman–Crippen LogP) is 1.42. The lowest BCUT2D eigenvalue weighted by Gasteiger charge is -2.36. The molecular weight excluding hydrogens is 406 g/mol. The van der Waals surface area contributed by atoms with E-state index in [1.165, 1.54) is 0 Å². The first-order chi connectivity index (χ1) is 14.2. The van der Waals surface area contributed by atoms with Gasteiger partial charge < -0.3 is 20.3 Å². The fraction of sp³-hybridized carbons (Fsp3) is 0.476. The lowest BCUT2D eigenvalue weighted by atomic mass is 9.87. The number of carbonyl (C=O) groups is 2. The molecule has 2 amide bonds. The molecule has 30 heavy (non-hydrogen) atoms. The van der Waals surface area contributed by atoms with E-state index in [2.05, 4.69) is 15.7 Å². The number of benzene rings is 1. The highest BCUT2D eigenvalue weighted by molar-refractivity contribution is 5.96. The van der Waals surface area contributed by atoms with Gasteiger partial charge in [0, 0.05) is 31.2 Å².